The van der Waals surface area contributed by atoms with Crippen molar-refractivity contribution in [2.45, 2.75) is 24.3 Å². The van der Waals surface area contributed by atoms with Gasteiger partial charge in [0.1, 0.15) is 23.1 Å². The SMILES string of the molecule is C[C@@H](Cl)C(=O)N1CCS[C@H]1c1ccccc1OCc1ccccc1. The summed E-state index contributed by atoms with van der Waals surface area (Å²) in [6.45, 7) is 2.95. The molecule has 1 fully saturated rings. The number of alkyl halides is 1. The molecular weight excluding hydrogens is 342 g/mol. The third-order valence-corrected chi connectivity index (χ3v) is 5.37. The van der Waals surface area contributed by atoms with E-state index >= 15 is 0 Å². The topological polar surface area (TPSA) is 29.5 Å². The van der Waals surface area contributed by atoms with Crippen LogP contribution in [0, 0.1) is 0 Å². The molecule has 1 amide bonds. The molecule has 3 nitrogen and oxygen atoms in total. The van der Waals surface area contributed by atoms with Crippen LogP contribution in [0.25, 0.3) is 0 Å². The summed E-state index contributed by atoms with van der Waals surface area (Å²) in [6, 6.07) is 18.0. The largest absolute Gasteiger partial charge is 0.489 e. The van der Waals surface area contributed by atoms with Gasteiger partial charge in [-0.05, 0) is 18.6 Å². The summed E-state index contributed by atoms with van der Waals surface area (Å²) in [6.07, 6.45) is 0. The molecule has 126 valence electrons. The van der Waals surface area contributed by atoms with Gasteiger partial charge in [-0.3, -0.25) is 4.79 Å². The van der Waals surface area contributed by atoms with Gasteiger partial charge in [-0.25, -0.2) is 0 Å². The van der Waals surface area contributed by atoms with E-state index in [4.69, 9.17) is 16.3 Å². The summed E-state index contributed by atoms with van der Waals surface area (Å²) in [5, 5.41) is -0.547. The summed E-state index contributed by atoms with van der Waals surface area (Å²) < 4.78 is 6.04. The highest BCUT2D eigenvalue weighted by atomic mass is 35.5. The fraction of sp³-hybridized carbons (Fsp3) is 0.316. The summed E-state index contributed by atoms with van der Waals surface area (Å²) in [5.41, 5.74) is 2.15. The lowest BCUT2D eigenvalue weighted by atomic mass is 10.1. The van der Waals surface area contributed by atoms with Crippen molar-refractivity contribution in [3.63, 3.8) is 0 Å². The molecule has 0 bridgehead atoms. The van der Waals surface area contributed by atoms with Gasteiger partial charge in [0.25, 0.3) is 0 Å². The maximum atomic E-state index is 12.4. The molecule has 1 aliphatic rings. The summed E-state index contributed by atoms with van der Waals surface area (Å²) in [7, 11) is 0. The Balaban J connectivity index is 1.79. The van der Waals surface area contributed by atoms with E-state index in [0.29, 0.717) is 6.61 Å². The zero-order chi connectivity index (χ0) is 16.9. The Labute approximate surface area is 151 Å². The van der Waals surface area contributed by atoms with E-state index in [1.165, 1.54) is 0 Å². The monoisotopic (exact) mass is 361 g/mol. The lowest BCUT2D eigenvalue weighted by molar-refractivity contribution is -0.130. The molecule has 0 spiro atoms. The van der Waals surface area contributed by atoms with Crippen LogP contribution in [-0.2, 0) is 11.4 Å². The average molecular weight is 362 g/mol. The molecule has 3 rings (SSSR count). The zero-order valence-corrected chi connectivity index (χ0v) is 15.1. The molecular formula is C19H20ClNO2S. The minimum Gasteiger partial charge on any atom is -0.489 e. The lowest BCUT2D eigenvalue weighted by Crippen LogP contribution is -2.35. The highest BCUT2D eigenvalue weighted by molar-refractivity contribution is 7.99. The predicted molar refractivity (Wildman–Crippen MR) is 99.4 cm³/mol. The first kappa shape index (κ1) is 17.2. The van der Waals surface area contributed by atoms with E-state index in [2.05, 4.69) is 0 Å². The molecule has 2 aromatic rings. The van der Waals surface area contributed by atoms with Crippen molar-refractivity contribution in [3.8, 4) is 5.75 Å². The minimum atomic E-state index is -0.511. The fourth-order valence-corrected chi connectivity index (χ4v) is 4.15. The molecule has 2 atom stereocenters. The van der Waals surface area contributed by atoms with Crippen molar-refractivity contribution in [2.24, 2.45) is 0 Å². The van der Waals surface area contributed by atoms with E-state index in [1.54, 1.807) is 18.7 Å². The first-order valence-corrected chi connectivity index (χ1v) is 9.47. The number of carbonyl (C=O) groups excluding carboxylic acids is 1. The summed E-state index contributed by atoms with van der Waals surface area (Å²) in [5.74, 6) is 1.71. The van der Waals surface area contributed by atoms with Gasteiger partial charge in [0.05, 0.1) is 0 Å². The van der Waals surface area contributed by atoms with Crippen LogP contribution in [-0.4, -0.2) is 28.5 Å². The molecule has 1 aliphatic heterocycles. The molecule has 0 saturated carbocycles. The first-order valence-electron chi connectivity index (χ1n) is 7.98. The van der Waals surface area contributed by atoms with Crippen LogP contribution >= 0.6 is 23.4 Å². The standard InChI is InChI=1S/C19H20ClNO2S/c1-14(20)18(22)21-11-12-24-19(21)16-9-5-6-10-17(16)23-13-15-7-3-2-4-8-15/h2-10,14,19H,11-13H2,1H3/t14-,19+/m1/s1. The quantitative estimate of drug-likeness (QED) is 0.736. The Morgan fingerprint density at radius 3 is 2.71 bits per heavy atom. The van der Waals surface area contributed by atoms with E-state index in [0.717, 1.165) is 29.2 Å². The smallest absolute Gasteiger partial charge is 0.241 e. The third-order valence-electron chi connectivity index (χ3n) is 3.94. The minimum absolute atomic E-state index is 0.0236. The molecule has 24 heavy (non-hydrogen) atoms. The lowest BCUT2D eigenvalue weighted by Gasteiger charge is -2.26. The molecule has 1 heterocycles. The Morgan fingerprint density at radius 2 is 1.96 bits per heavy atom. The average Bonchev–Trinajstić information content (AvgIpc) is 3.09. The Bertz CT molecular complexity index is 693. The van der Waals surface area contributed by atoms with Gasteiger partial charge in [-0.2, -0.15) is 0 Å². The van der Waals surface area contributed by atoms with Crippen LogP contribution in [0.1, 0.15) is 23.4 Å². The van der Waals surface area contributed by atoms with Crippen molar-refractivity contribution in [1.29, 1.82) is 0 Å². The van der Waals surface area contributed by atoms with Crippen LogP contribution < -0.4 is 4.74 Å². The second-order valence-corrected chi connectivity index (χ2v) is 7.53. The van der Waals surface area contributed by atoms with Crippen molar-refractivity contribution < 1.29 is 9.53 Å². The third kappa shape index (κ3) is 3.87. The Hall–Kier alpha value is -1.65. The number of ether oxygens (including phenoxy) is 1. The van der Waals surface area contributed by atoms with Crippen molar-refractivity contribution in [1.82, 2.24) is 4.90 Å². The molecule has 0 aromatic heterocycles. The van der Waals surface area contributed by atoms with Crippen molar-refractivity contribution in [2.75, 3.05) is 12.3 Å². The number of carbonyl (C=O) groups is 1. The second-order valence-electron chi connectivity index (χ2n) is 5.68. The summed E-state index contributed by atoms with van der Waals surface area (Å²) in [4.78, 5) is 14.2. The van der Waals surface area contributed by atoms with E-state index in [1.807, 2.05) is 59.5 Å². The van der Waals surface area contributed by atoms with Crippen molar-refractivity contribution >= 4 is 29.3 Å². The molecule has 5 heteroatoms. The number of rotatable bonds is 5. The predicted octanol–water partition coefficient (Wildman–Crippen LogP) is 4.47. The molecule has 0 unspecified atom stereocenters. The fourth-order valence-electron chi connectivity index (χ4n) is 2.73. The number of hydrogen-bond donors (Lipinski definition) is 0. The normalized spacial score (nSPS) is 18.4. The van der Waals surface area contributed by atoms with Gasteiger partial charge in [-0.15, -0.1) is 23.4 Å². The zero-order valence-electron chi connectivity index (χ0n) is 13.5. The number of nitrogens with zero attached hydrogens (tertiary/aromatic N) is 1. The number of benzene rings is 2. The first-order chi connectivity index (χ1) is 11.7. The highest BCUT2D eigenvalue weighted by Crippen LogP contribution is 2.42. The van der Waals surface area contributed by atoms with E-state index in [-0.39, 0.29) is 11.3 Å². The number of thioether (sulfide) groups is 1. The van der Waals surface area contributed by atoms with Gasteiger partial charge in [0.2, 0.25) is 5.91 Å². The molecule has 2 aromatic carbocycles. The molecule has 0 N–H and O–H groups in total. The number of hydrogen-bond acceptors (Lipinski definition) is 3. The van der Waals surface area contributed by atoms with Gasteiger partial charge >= 0.3 is 0 Å². The van der Waals surface area contributed by atoms with Crippen LogP contribution in [0.3, 0.4) is 0 Å². The molecule has 0 radical (unpaired) electrons. The van der Waals surface area contributed by atoms with Gasteiger partial charge in [-0.1, -0.05) is 48.5 Å². The maximum absolute atomic E-state index is 12.4. The Morgan fingerprint density at radius 1 is 1.25 bits per heavy atom. The maximum Gasteiger partial charge on any atom is 0.241 e. The Kier molecular flexibility index (Phi) is 5.69. The van der Waals surface area contributed by atoms with Crippen LogP contribution in [0.2, 0.25) is 0 Å². The molecule has 0 aliphatic carbocycles. The van der Waals surface area contributed by atoms with E-state index in [9.17, 15) is 4.79 Å². The van der Waals surface area contributed by atoms with Crippen LogP contribution in [0.15, 0.2) is 54.6 Å². The van der Waals surface area contributed by atoms with Crippen LogP contribution in [0.4, 0.5) is 0 Å². The van der Waals surface area contributed by atoms with E-state index < -0.39 is 5.38 Å². The van der Waals surface area contributed by atoms with Crippen molar-refractivity contribution in [3.05, 3.63) is 65.7 Å². The summed E-state index contributed by atoms with van der Waals surface area (Å²) >= 11 is 7.76. The number of para-hydroxylation sites is 1. The second kappa shape index (κ2) is 7.95. The highest BCUT2D eigenvalue weighted by Gasteiger charge is 2.34. The van der Waals surface area contributed by atoms with Gasteiger partial charge < -0.3 is 9.64 Å². The van der Waals surface area contributed by atoms with Gasteiger partial charge in [0.15, 0.2) is 0 Å². The number of halogens is 1. The number of amides is 1. The van der Waals surface area contributed by atoms with Crippen LogP contribution in [0.5, 0.6) is 5.75 Å². The van der Waals surface area contributed by atoms with Gasteiger partial charge in [0, 0.05) is 17.9 Å². The molecule has 1 saturated heterocycles.